The second kappa shape index (κ2) is 6.44. The Bertz CT molecular complexity index is 471. The van der Waals surface area contributed by atoms with Crippen molar-refractivity contribution < 1.29 is 14.3 Å². The third kappa shape index (κ3) is 3.13. The first-order chi connectivity index (χ1) is 10.2. The Labute approximate surface area is 129 Å². The minimum absolute atomic E-state index is 0.0310. The predicted octanol–water partition coefficient (Wildman–Crippen LogP) is 1.62. The van der Waals surface area contributed by atoms with Gasteiger partial charge in [0.1, 0.15) is 6.17 Å². The SMILES string of the molecule is CC(C)C1NC(c2ccsc2)N(CC2COCCO2)C1=O. The number of carbonyl (C=O) groups excluding carboxylic acids is 1. The van der Waals surface area contributed by atoms with E-state index in [1.807, 2.05) is 10.3 Å². The lowest BCUT2D eigenvalue weighted by atomic mass is 10.1. The summed E-state index contributed by atoms with van der Waals surface area (Å²) in [6.07, 6.45) is -0.0850. The van der Waals surface area contributed by atoms with Crippen molar-refractivity contribution in [3.8, 4) is 0 Å². The molecule has 0 aliphatic carbocycles. The molecule has 6 heteroatoms. The van der Waals surface area contributed by atoms with Crippen molar-refractivity contribution in [1.82, 2.24) is 10.2 Å². The Morgan fingerprint density at radius 2 is 2.33 bits per heavy atom. The standard InChI is InChI=1S/C15H22N2O3S/c1-10(2)13-15(18)17(7-12-8-19-4-5-20-12)14(16-13)11-3-6-21-9-11/h3,6,9-10,12-14,16H,4-5,7-8H2,1-2H3. The second-order valence-electron chi connectivity index (χ2n) is 5.91. The van der Waals surface area contributed by atoms with E-state index in [2.05, 4.69) is 30.6 Å². The summed E-state index contributed by atoms with van der Waals surface area (Å²) < 4.78 is 11.2. The number of thiophene rings is 1. The first-order valence-electron chi connectivity index (χ1n) is 7.45. The first-order valence-corrected chi connectivity index (χ1v) is 8.39. The molecule has 1 amide bonds. The fourth-order valence-electron chi connectivity index (χ4n) is 2.88. The van der Waals surface area contributed by atoms with Crippen LogP contribution in [0.4, 0.5) is 0 Å². The normalized spacial score (nSPS) is 30.3. The van der Waals surface area contributed by atoms with E-state index in [9.17, 15) is 4.79 Å². The van der Waals surface area contributed by atoms with Crippen molar-refractivity contribution in [2.75, 3.05) is 26.4 Å². The van der Waals surface area contributed by atoms with Gasteiger partial charge < -0.3 is 14.4 Å². The molecule has 0 spiro atoms. The smallest absolute Gasteiger partial charge is 0.241 e. The number of amides is 1. The van der Waals surface area contributed by atoms with Gasteiger partial charge in [-0.15, -0.1) is 0 Å². The van der Waals surface area contributed by atoms with E-state index in [1.165, 1.54) is 0 Å². The van der Waals surface area contributed by atoms with E-state index in [0.29, 0.717) is 26.4 Å². The monoisotopic (exact) mass is 310 g/mol. The minimum atomic E-state index is -0.126. The van der Waals surface area contributed by atoms with E-state index >= 15 is 0 Å². The number of nitrogens with zero attached hydrogens (tertiary/aromatic N) is 1. The molecule has 5 nitrogen and oxygen atoms in total. The molecule has 116 valence electrons. The van der Waals surface area contributed by atoms with Gasteiger partial charge in [0, 0.05) is 0 Å². The van der Waals surface area contributed by atoms with Crippen LogP contribution in [-0.2, 0) is 14.3 Å². The molecule has 0 saturated carbocycles. The van der Waals surface area contributed by atoms with Gasteiger partial charge in [0.15, 0.2) is 0 Å². The molecular weight excluding hydrogens is 288 g/mol. The van der Waals surface area contributed by atoms with Crippen LogP contribution in [0.5, 0.6) is 0 Å². The quantitative estimate of drug-likeness (QED) is 0.918. The highest BCUT2D eigenvalue weighted by Gasteiger charge is 2.42. The molecule has 2 aliphatic heterocycles. The zero-order chi connectivity index (χ0) is 14.8. The summed E-state index contributed by atoms with van der Waals surface area (Å²) in [6, 6.07) is 1.95. The Balaban J connectivity index is 1.77. The topological polar surface area (TPSA) is 50.8 Å². The van der Waals surface area contributed by atoms with Gasteiger partial charge in [0.25, 0.3) is 0 Å². The Kier molecular flexibility index (Phi) is 4.59. The summed E-state index contributed by atoms with van der Waals surface area (Å²) >= 11 is 1.65. The largest absolute Gasteiger partial charge is 0.376 e. The number of hydrogen-bond donors (Lipinski definition) is 1. The van der Waals surface area contributed by atoms with Gasteiger partial charge in [-0.3, -0.25) is 10.1 Å². The van der Waals surface area contributed by atoms with Gasteiger partial charge in [0.2, 0.25) is 5.91 Å². The average Bonchev–Trinajstić information content (AvgIpc) is 3.09. The maximum atomic E-state index is 12.7. The van der Waals surface area contributed by atoms with Crippen molar-refractivity contribution in [2.45, 2.75) is 32.2 Å². The van der Waals surface area contributed by atoms with Gasteiger partial charge in [-0.25, -0.2) is 0 Å². The van der Waals surface area contributed by atoms with E-state index < -0.39 is 0 Å². The molecule has 2 saturated heterocycles. The molecule has 1 aromatic rings. The maximum absolute atomic E-state index is 12.7. The van der Waals surface area contributed by atoms with E-state index in [-0.39, 0.29) is 30.1 Å². The molecule has 1 N–H and O–H groups in total. The van der Waals surface area contributed by atoms with Gasteiger partial charge >= 0.3 is 0 Å². The van der Waals surface area contributed by atoms with Crippen LogP contribution >= 0.6 is 11.3 Å². The molecule has 0 radical (unpaired) electrons. The van der Waals surface area contributed by atoms with Crippen molar-refractivity contribution in [2.24, 2.45) is 5.92 Å². The zero-order valence-corrected chi connectivity index (χ0v) is 13.3. The highest BCUT2D eigenvalue weighted by molar-refractivity contribution is 7.07. The van der Waals surface area contributed by atoms with E-state index in [1.54, 1.807) is 11.3 Å². The van der Waals surface area contributed by atoms with Crippen LogP contribution in [0.3, 0.4) is 0 Å². The van der Waals surface area contributed by atoms with E-state index in [0.717, 1.165) is 5.56 Å². The number of hydrogen-bond acceptors (Lipinski definition) is 5. The third-order valence-electron chi connectivity index (χ3n) is 4.01. The molecule has 3 atom stereocenters. The molecular formula is C15H22N2O3S. The predicted molar refractivity (Wildman–Crippen MR) is 81.1 cm³/mol. The number of ether oxygens (including phenoxy) is 2. The lowest BCUT2D eigenvalue weighted by Crippen LogP contribution is -2.43. The fourth-order valence-corrected chi connectivity index (χ4v) is 3.56. The summed E-state index contributed by atoms with van der Waals surface area (Å²) in [7, 11) is 0. The number of carbonyl (C=O) groups is 1. The average molecular weight is 310 g/mol. The van der Waals surface area contributed by atoms with Gasteiger partial charge in [0.05, 0.1) is 38.5 Å². The van der Waals surface area contributed by atoms with Gasteiger partial charge in [-0.05, 0) is 28.3 Å². The van der Waals surface area contributed by atoms with Crippen LogP contribution in [0.2, 0.25) is 0 Å². The zero-order valence-electron chi connectivity index (χ0n) is 12.5. The summed E-state index contributed by atoms with van der Waals surface area (Å²) in [6.45, 7) is 6.54. The molecule has 2 aliphatic rings. The second-order valence-corrected chi connectivity index (χ2v) is 6.69. The third-order valence-corrected chi connectivity index (χ3v) is 4.71. The lowest BCUT2D eigenvalue weighted by molar-refractivity contribution is -0.137. The Morgan fingerprint density at radius 3 is 2.95 bits per heavy atom. The van der Waals surface area contributed by atoms with Crippen LogP contribution < -0.4 is 5.32 Å². The summed E-state index contributed by atoms with van der Waals surface area (Å²) in [5.41, 5.74) is 1.15. The van der Waals surface area contributed by atoms with Gasteiger partial charge in [-0.2, -0.15) is 11.3 Å². The molecule has 3 heterocycles. The van der Waals surface area contributed by atoms with Crippen molar-refractivity contribution in [1.29, 1.82) is 0 Å². The minimum Gasteiger partial charge on any atom is -0.376 e. The fraction of sp³-hybridized carbons (Fsp3) is 0.667. The lowest BCUT2D eigenvalue weighted by Gasteiger charge is -2.30. The van der Waals surface area contributed by atoms with Crippen molar-refractivity contribution in [3.63, 3.8) is 0 Å². The van der Waals surface area contributed by atoms with Gasteiger partial charge in [-0.1, -0.05) is 13.8 Å². The molecule has 21 heavy (non-hydrogen) atoms. The number of rotatable bonds is 4. The van der Waals surface area contributed by atoms with Crippen molar-refractivity contribution in [3.05, 3.63) is 22.4 Å². The van der Waals surface area contributed by atoms with E-state index in [4.69, 9.17) is 9.47 Å². The summed E-state index contributed by atoms with van der Waals surface area (Å²) in [4.78, 5) is 14.6. The molecule has 2 fully saturated rings. The maximum Gasteiger partial charge on any atom is 0.241 e. The summed E-state index contributed by atoms with van der Waals surface area (Å²) in [5, 5.41) is 7.61. The van der Waals surface area contributed by atoms with Crippen LogP contribution in [0.15, 0.2) is 16.8 Å². The first kappa shape index (κ1) is 15.0. The van der Waals surface area contributed by atoms with Crippen molar-refractivity contribution >= 4 is 17.2 Å². The number of nitrogens with one attached hydrogen (secondary N) is 1. The Hall–Kier alpha value is -0.950. The highest BCUT2D eigenvalue weighted by atomic mass is 32.1. The molecule has 0 aromatic carbocycles. The van der Waals surface area contributed by atoms with Crippen LogP contribution in [0, 0.1) is 5.92 Å². The Morgan fingerprint density at radius 1 is 1.48 bits per heavy atom. The highest BCUT2D eigenvalue weighted by Crippen LogP contribution is 2.29. The van der Waals surface area contributed by atoms with Crippen LogP contribution in [0.1, 0.15) is 25.6 Å². The molecule has 3 unspecified atom stereocenters. The molecule has 1 aromatic heterocycles. The molecule has 3 rings (SSSR count). The van der Waals surface area contributed by atoms with Crippen LogP contribution in [0.25, 0.3) is 0 Å². The summed E-state index contributed by atoms with van der Waals surface area (Å²) in [5.74, 6) is 0.433. The van der Waals surface area contributed by atoms with Crippen LogP contribution in [-0.4, -0.2) is 49.3 Å². The molecule has 0 bridgehead atoms.